The van der Waals surface area contributed by atoms with Crippen molar-refractivity contribution in [3.63, 3.8) is 0 Å². The Kier molecular flexibility index (Phi) is 11.3. The number of hydrogen-bond acceptors (Lipinski definition) is 8. The minimum Gasteiger partial charge on any atom is -0.487 e. The van der Waals surface area contributed by atoms with E-state index in [0.29, 0.717) is 42.3 Å². The van der Waals surface area contributed by atoms with Crippen molar-refractivity contribution in [1.82, 2.24) is 9.62 Å². The average Bonchev–Trinajstić information content (AvgIpc) is 3.12. The van der Waals surface area contributed by atoms with Crippen LogP contribution in [0.25, 0.3) is 0 Å². The Morgan fingerprint density at radius 1 is 1.02 bits per heavy atom. The quantitative estimate of drug-likeness (QED) is 0.333. The van der Waals surface area contributed by atoms with E-state index in [1.165, 1.54) is 5.56 Å². The molecular formula is C41H56ClN3O6S. The number of ether oxygens (including phenoxy) is 3. The molecule has 11 heteroatoms. The van der Waals surface area contributed by atoms with Gasteiger partial charge in [0.05, 0.1) is 24.2 Å². The molecule has 2 aromatic carbocycles. The fraction of sp³-hybridized carbons (Fsp3) is 0.634. The molecule has 5 atom stereocenters. The summed E-state index contributed by atoms with van der Waals surface area (Å²) in [5.41, 5.74) is 3.26. The zero-order chi connectivity index (χ0) is 36.5. The van der Waals surface area contributed by atoms with Crippen LogP contribution < -0.4 is 14.4 Å². The molecule has 1 saturated carbocycles. The van der Waals surface area contributed by atoms with Crippen molar-refractivity contribution >= 4 is 33.2 Å². The summed E-state index contributed by atoms with van der Waals surface area (Å²) in [7, 11) is -3.95. The van der Waals surface area contributed by atoms with Crippen LogP contribution in [0.5, 0.6) is 5.75 Å². The highest BCUT2D eigenvalue weighted by Crippen LogP contribution is 2.48. The van der Waals surface area contributed by atoms with Gasteiger partial charge in [-0.15, -0.1) is 0 Å². The first-order chi connectivity index (χ1) is 25.0. The van der Waals surface area contributed by atoms with E-state index in [1.54, 1.807) is 13.0 Å². The van der Waals surface area contributed by atoms with E-state index < -0.39 is 26.8 Å². The van der Waals surface area contributed by atoms with Crippen LogP contribution in [0.15, 0.2) is 48.6 Å². The second kappa shape index (κ2) is 15.6. The van der Waals surface area contributed by atoms with Crippen LogP contribution in [-0.4, -0.2) is 82.6 Å². The summed E-state index contributed by atoms with van der Waals surface area (Å²) in [6.45, 7) is 12.9. The Bertz CT molecular complexity index is 1740. The van der Waals surface area contributed by atoms with Crippen LogP contribution in [0, 0.1) is 23.2 Å². The van der Waals surface area contributed by atoms with Crippen molar-refractivity contribution in [3.8, 4) is 5.75 Å². The van der Waals surface area contributed by atoms with Gasteiger partial charge in [-0.2, -0.15) is 0 Å². The fourth-order valence-electron chi connectivity index (χ4n) is 9.03. The SMILES string of the molecule is CCO[C@@]1(CN2CCC3(CC2)COC3)/C=C/C[C@H](C)[C@@H](C)S(=O)(=O)NC(=O)c2ccc3c(c2)N(CCCCc2cc(Cl)ccc2CO3)C[C@@H]2CC[C@H]21. The minimum atomic E-state index is -3.95. The number of benzene rings is 2. The molecule has 9 nitrogen and oxygen atoms in total. The van der Waals surface area contributed by atoms with Gasteiger partial charge >= 0.3 is 0 Å². The molecule has 2 aromatic rings. The standard InChI is InChI=1S/C41H56ClN3O6S/c1-4-51-41(26-44-20-17-40(18-21-44)27-49-28-40)16-7-8-29(2)30(3)52(47,48)43-39(46)32-12-15-38-37(23-32)45(24-33-11-14-36(33)41)19-6-5-9-31-22-35(42)13-10-34(31)25-50-38/h7,10,12-13,15-16,22-23,29-30,33,36H,4-6,8-9,11,14,17-21,24-28H2,1-3H3,(H,43,46)/b16-7+/t29-,30+,33-,36+,41+/m0/s1. The maximum absolute atomic E-state index is 13.6. The highest BCUT2D eigenvalue weighted by Gasteiger charge is 2.50. The van der Waals surface area contributed by atoms with Gasteiger partial charge in [0.2, 0.25) is 10.0 Å². The van der Waals surface area contributed by atoms with Gasteiger partial charge in [-0.1, -0.05) is 36.7 Å². The summed E-state index contributed by atoms with van der Waals surface area (Å²) in [6.07, 6.45) is 12.3. The number of rotatable bonds is 4. The summed E-state index contributed by atoms with van der Waals surface area (Å²) >= 11 is 6.41. The number of nitrogens with one attached hydrogen (secondary N) is 1. The molecule has 284 valence electrons. The van der Waals surface area contributed by atoms with Crippen molar-refractivity contribution in [2.24, 2.45) is 23.2 Å². The third-order valence-corrected chi connectivity index (χ3v) is 14.9. The number of sulfonamides is 1. The molecular weight excluding hydrogens is 698 g/mol. The third-order valence-electron chi connectivity index (χ3n) is 12.8. The maximum atomic E-state index is 13.6. The lowest BCUT2D eigenvalue weighted by molar-refractivity contribution is -0.152. The molecule has 52 heavy (non-hydrogen) atoms. The number of aryl methyl sites for hydroxylation is 1. The molecule has 3 fully saturated rings. The highest BCUT2D eigenvalue weighted by atomic mass is 35.5. The number of carbonyl (C=O) groups excluding carboxylic acids is 1. The number of nitrogens with zero attached hydrogens (tertiary/aromatic N) is 2. The number of likely N-dealkylation sites (tertiary alicyclic amines) is 1. The lowest BCUT2D eigenvalue weighted by Gasteiger charge is -2.53. The van der Waals surface area contributed by atoms with Crippen molar-refractivity contribution in [3.05, 3.63) is 70.3 Å². The van der Waals surface area contributed by atoms with Gasteiger partial charge in [0.25, 0.3) is 5.91 Å². The largest absolute Gasteiger partial charge is 0.487 e. The third kappa shape index (κ3) is 7.92. The lowest BCUT2D eigenvalue weighted by atomic mass is 9.63. The number of hydrogen-bond donors (Lipinski definition) is 1. The number of amides is 1. The maximum Gasteiger partial charge on any atom is 0.264 e. The van der Waals surface area contributed by atoms with Crippen LogP contribution >= 0.6 is 11.6 Å². The normalized spacial score (nSPS) is 31.4. The van der Waals surface area contributed by atoms with Gasteiger partial charge in [-0.25, -0.2) is 13.1 Å². The number of anilines is 1. The average molecular weight is 754 g/mol. The van der Waals surface area contributed by atoms with Gasteiger partial charge in [-0.3, -0.25) is 4.79 Å². The van der Waals surface area contributed by atoms with Crippen LogP contribution in [0.3, 0.4) is 0 Å². The molecule has 0 aromatic heterocycles. The summed E-state index contributed by atoms with van der Waals surface area (Å²) in [4.78, 5) is 18.6. The second-order valence-corrected chi connectivity index (χ2v) is 18.7. The summed E-state index contributed by atoms with van der Waals surface area (Å²) in [5, 5.41) is -0.0541. The first-order valence-corrected chi connectivity index (χ1v) is 21.4. The zero-order valence-corrected chi connectivity index (χ0v) is 32.7. The molecule has 4 heterocycles. The molecule has 5 aliphatic rings. The van der Waals surface area contributed by atoms with E-state index in [-0.39, 0.29) is 11.8 Å². The molecule has 2 saturated heterocycles. The monoisotopic (exact) mass is 753 g/mol. The summed E-state index contributed by atoms with van der Waals surface area (Å²) < 4.78 is 48.7. The zero-order valence-electron chi connectivity index (χ0n) is 31.1. The topological polar surface area (TPSA) is 97.4 Å². The van der Waals surface area contributed by atoms with E-state index >= 15 is 0 Å². The first-order valence-electron chi connectivity index (χ1n) is 19.5. The van der Waals surface area contributed by atoms with Crippen LogP contribution in [0.1, 0.15) is 87.2 Å². The molecule has 1 aliphatic carbocycles. The second-order valence-electron chi connectivity index (χ2n) is 16.2. The van der Waals surface area contributed by atoms with Gasteiger partial charge < -0.3 is 24.0 Å². The molecule has 0 radical (unpaired) electrons. The van der Waals surface area contributed by atoms with Crippen LogP contribution in [-0.2, 0) is 32.5 Å². The minimum absolute atomic E-state index is 0.214. The van der Waals surface area contributed by atoms with E-state index in [9.17, 15) is 13.2 Å². The van der Waals surface area contributed by atoms with E-state index in [0.717, 1.165) is 107 Å². The Morgan fingerprint density at radius 2 is 1.83 bits per heavy atom. The Labute approximate surface area is 315 Å². The highest BCUT2D eigenvalue weighted by molar-refractivity contribution is 7.90. The fourth-order valence-corrected chi connectivity index (χ4v) is 10.5. The number of allylic oxidation sites excluding steroid dienone is 1. The Hall–Kier alpha value is -2.63. The molecule has 4 aliphatic heterocycles. The van der Waals surface area contributed by atoms with E-state index in [2.05, 4.69) is 33.6 Å². The molecule has 1 amide bonds. The summed E-state index contributed by atoms with van der Waals surface area (Å²) in [5.74, 6) is 0.500. The van der Waals surface area contributed by atoms with Gasteiger partial charge in [0.15, 0.2) is 0 Å². The van der Waals surface area contributed by atoms with Crippen LogP contribution in [0.2, 0.25) is 5.02 Å². The predicted octanol–water partition coefficient (Wildman–Crippen LogP) is 7.02. The van der Waals surface area contributed by atoms with Crippen molar-refractivity contribution in [2.45, 2.75) is 89.6 Å². The Morgan fingerprint density at radius 3 is 2.54 bits per heavy atom. The molecule has 1 N–H and O–H groups in total. The lowest BCUT2D eigenvalue weighted by Crippen LogP contribution is -2.59. The number of carbonyl (C=O) groups is 1. The number of halogens is 1. The molecule has 1 spiro atoms. The predicted molar refractivity (Wildman–Crippen MR) is 206 cm³/mol. The summed E-state index contributed by atoms with van der Waals surface area (Å²) in [6, 6.07) is 11.3. The van der Waals surface area contributed by atoms with Crippen molar-refractivity contribution < 1.29 is 27.4 Å². The van der Waals surface area contributed by atoms with Gasteiger partial charge in [0.1, 0.15) is 18.0 Å². The Balaban J connectivity index is 1.26. The molecule has 2 bridgehead atoms. The van der Waals surface area contributed by atoms with Crippen molar-refractivity contribution in [2.75, 3.05) is 57.4 Å². The first kappa shape index (κ1) is 37.7. The molecule has 0 unspecified atom stereocenters. The molecule has 7 rings (SSSR count). The van der Waals surface area contributed by atoms with E-state index in [1.807, 2.05) is 37.3 Å². The smallest absolute Gasteiger partial charge is 0.264 e. The van der Waals surface area contributed by atoms with Crippen molar-refractivity contribution in [1.29, 1.82) is 0 Å². The van der Waals surface area contributed by atoms with Gasteiger partial charge in [-0.05, 0) is 138 Å². The van der Waals surface area contributed by atoms with Gasteiger partial charge in [0, 0.05) is 42.2 Å². The number of piperidine rings is 1. The number of fused-ring (bicyclic) bond motifs is 3. The van der Waals surface area contributed by atoms with E-state index in [4.69, 9.17) is 25.8 Å². The van der Waals surface area contributed by atoms with Crippen LogP contribution in [0.4, 0.5) is 5.69 Å².